The van der Waals surface area contributed by atoms with Crippen LogP contribution >= 0.6 is 0 Å². The topological polar surface area (TPSA) is 21.3 Å². The van der Waals surface area contributed by atoms with Gasteiger partial charge in [-0.15, -0.1) is 0 Å². The Morgan fingerprint density at radius 2 is 2.00 bits per heavy atom. The molecule has 1 fully saturated rings. The van der Waals surface area contributed by atoms with Crippen LogP contribution in [0, 0.1) is 20.8 Å². The van der Waals surface area contributed by atoms with Gasteiger partial charge in [0.2, 0.25) is 0 Å². The van der Waals surface area contributed by atoms with Gasteiger partial charge in [-0.05, 0) is 50.4 Å². The first-order valence-electron chi connectivity index (χ1n) is 6.00. The summed E-state index contributed by atoms with van der Waals surface area (Å²) < 4.78 is 5.62. The van der Waals surface area contributed by atoms with Gasteiger partial charge in [-0.3, -0.25) is 0 Å². The summed E-state index contributed by atoms with van der Waals surface area (Å²) in [6.07, 6.45) is 1.22. The molecule has 0 spiro atoms. The summed E-state index contributed by atoms with van der Waals surface area (Å²) in [5.74, 6) is 1.72. The Kier molecular flexibility index (Phi) is 3.20. The smallest absolute Gasteiger partial charge is 0.125 e. The van der Waals surface area contributed by atoms with E-state index < -0.39 is 0 Å². The molecule has 1 aliphatic heterocycles. The largest absolute Gasteiger partial charge is 0.496 e. The average molecular weight is 219 g/mol. The van der Waals surface area contributed by atoms with Crippen molar-refractivity contribution in [3.8, 4) is 5.75 Å². The van der Waals surface area contributed by atoms with E-state index in [0.717, 1.165) is 18.8 Å². The van der Waals surface area contributed by atoms with Crippen molar-refractivity contribution in [1.29, 1.82) is 0 Å². The molecule has 1 saturated heterocycles. The molecule has 2 rings (SSSR count). The van der Waals surface area contributed by atoms with Crippen molar-refractivity contribution < 1.29 is 4.74 Å². The van der Waals surface area contributed by atoms with Crippen LogP contribution in [-0.4, -0.2) is 20.2 Å². The summed E-state index contributed by atoms with van der Waals surface area (Å²) in [4.78, 5) is 0. The van der Waals surface area contributed by atoms with E-state index in [9.17, 15) is 0 Å². The van der Waals surface area contributed by atoms with E-state index in [0.29, 0.717) is 5.92 Å². The second-order valence-electron chi connectivity index (χ2n) is 4.77. The molecule has 16 heavy (non-hydrogen) atoms. The second kappa shape index (κ2) is 4.46. The molecular weight excluding hydrogens is 198 g/mol. The fourth-order valence-electron chi connectivity index (χ4n) is 2.74. The van der Waals surface area contributed by atoms with Crippen LogP contribution in [0.4, 0.5) is 0 Å². The zero-order chi connectivity index (χ0) is 11.7. The lowest BCUT2D eigenvalue weighted by atomic mass is 9.89. The molecule has 88 valence electrons. The van der Waals surface area contributed by atoms with Crippen molar-refractivity contribution in [2.24, 2.45) is 0 Å². The Bertz CT molecular complexity index is 392. The molecule has 1 atom stereocenters. The maximum Gasteiger partial charge on any atom is 0.125 e. The van der Waals surface area contributed by atoms with Crippen LogP contribution in [0.2, 0.25) is 0 Å². The second-order valence-corrected chi connectivity index (χ2v) is 4.77. The zero-order valence-corrected chi connectivity index (χ0v) is 10.7. The SMILES string of the molecule is COc1c(C)c(C)cc(C)c1C1CCNC1. The van der Waals surface area contributed by atoms with Crippen LogP contribution in [0.1, 0.15) is 34.6 Å². The van der Waals surface area contributed by atoms with E-state index in [4.69, 9.17) is 4.74 Å². The highest BCUT2D eigenvalue weighted by atomic mass is 16.5. The molecule has 1 heterocycles. The first-order chi connectivity index (χ1) is 7.65. The summed E-state index contributed by atoms with van der Waals surface area (Å²) >= 11 is 0. The van der Waals surface area contributed by atoms with Gasteiger partial charge in [0.15, 0.2) is 0 Å². The van der Waals surface area contributed by atoms with Crippen LogP contribution in [-0.2, 0) is 0 Å². The van der Waals surface area contributed by atoms with E-state index in [1.165, 1.54) is 28.7 Å². The van der Waals surface area contributed by atoms with Crippen molar-refractivity contribution in [3.63, 3.8) is 0 Å². The van der Waals surface area contributed by atoms with Gasteiger partial charge in [0.1, 0.15) is 5.75 Å². The summed E-state index contributed by atoms with van der Waals surface area (Å²) in [7, 11) is 1.78. The zero-order valence-electron chi connectivity index (χ0n) is 10.7. The molecule has 1 aliphatic rings. The number of aryl methyl sites for hydroxylation is 2. The standard InChI is InChI=1S/C14H21NO/c1-9-7-10(2)13(12-5-6-15-8-12)14(16-4)11(9)3/h7,12,15H,5-6,8H2,1-4H3. The first-order valence-corrected chi connectivity index (χ1v) is 6.00. The highest BCUT2D eigenvalue weighted by molar-refractivity contribution is 5.51. The third-order valence-electron chi connectivity index (χ3n) is 3.71. The monoisotopic (exact) mass is 219 g/mol. The minimum Gasteiger partial charge on any atom is -0.496 e. The number of nitrogens with one attached hydrogen (secondary N) is 1. The van der Waals surface area contributed by atoms with E-state index in [1.807, 2.05) is 0 Å². The van der Waals surface area contributed by atoms with Crippen molar-refractivity contribution in [1.82, 2.24) is 5.32 Å². The van der Waals surface area contributed by atoms with Crippen LogP contribution < -0.4 is 10.1 Å². The highest BCUT2D eigenvalue weighted by Gasteiger charge is 2.23. The van der Waals surface area contributed by atoms with Crippen LogP contribution in [0.5, 0.6) is 5.75 Å². The van der Waals surface area contributed by atoms with E-state index >= 15 is 0 Å². The first kappa shape index (κ1) is 11.5. The molecule has 0 saturated carbocycles. The van der Waals surface area contributed by atoms with E-state index in [1.54, 1.807) is 7.11 Å². The molecule has 1 N–H and O–H groups in total. The van der Waals surface area contributed by atoms with Gasteiger partial charge in [0.25, 0.3) is 0 Å². The van der Waals surface area contributed by atoms with Gasteiger partial charge in [-0.1, -0.05) is 6.07 Å². The van der Waals surface area contributed by atoms with Gasteiger partial charge in [0.05, 0.1) is 7.11 Å². The molecule has 1 unspecified atom stereocenters. The van der Waals surface area contributed by atoms with Gasteiger partial charge in [-0.25, -0.2) is 0 Å². The Labute approximate surface area is 98.0 Å². The molecular formula is C14H21NO. The van der Waals surface area contributed by atoms with Gasteiger partial charge in [-0.2, -0.15) is 0 Å². The Morgan fingerprint density at radius 3 is 2.56 bits per heavy atom. The maximum atomic E-state index is 5.62. The summed E-state index contributed by atoms with van der Waals surface area (Å²) in [6, 6.07) is 2.28. The number of hydrogen-bond acceptors (Lipinski definition) is 2. The molecule has 0 aromatic heterocycles. The van der Waals surface area contributed by atoms with E-state index in [2.05, 4.69) is 32.2 Å². The lowest BCUT2D eigenvalue weighted by Crippen LogP contribution is -2.10. The Balaban J connectivity index is 2.53. The van der Waals surface area contributed by atoms with Crippen molar-refractivity contribution in [2.45, 2.75) is 33.1 Å². The van der Waals surface area contributed by atoms with E-state index in [-0.39, 0.29) is 0 Å². The molecule has 1 aromatic rings. The fourth-order valence-corrected chi connectivity index (χ4v) is 2.74. The van der Waals surface area contributed by atoms with Gasteiger partial charge < -0.3 is 10.1 Å². The lowest BCUT2D eigenvalue weighted by Gasteiger charge is -2.20. The molecule has 2 heteroatoms. The normalized spacial score (nSPS) is 20.1. The summed E-state index contributed by atoms with van der Waals surface area (Å²) in [6.45, 7) is 8.71. The molecule has 2 nitrogen and oxygen atoms in total. The minimum atomic E-state index is 0.620. The quantitative estimate of drug-likeness (QED) is 0.825. The van der Waals surface area contributed by atoms with Crippen molar-refractivity contribution in [2.75, 3.05) is 20.2 Å². The third kappa shape index (κ3) is 1.82. The number of ether oxygens (including phenoxy) is 1. The lowest BCUT2D eigenvalue weighted by molar-refractivity contribution is 0.402. The van der Waals surface area contributed by atoms with Crippen molar-refractivity contribution in [3.05, 3.63) is 28.3 Å². The molecule has 1 aromatic carbocycles. The number of methoxy groups -OCH3 is 1. The number of rotatable bonds is 2. The number of benzene rings is 1. The predicted molar refractivity (Wildman–Crippen MR) is 67.4 cm³/mol. The molecule has 0 aliphatic carbocycles. The van der Waals surface area contributed by atoms with Gasteiger partial charge in [0, 0.05) is 18.0 Å². The predicted octanol–water partition coefficient (Wildman–Crippen LogP) is 2.70. The summed E-state index contributed by atoms with van der Waals surface area (Å²) in [5.41, 5.74) is 5.39. The Morgan fingerprint density at radius 1 is 1.25 bits per heavy atom. The summed E-state index contributed by atoms with van der Waals surface area (Å²) in [5, 5.41) is 3.43. The molecule has 0 bridgehead atoms. The van der Waals surface area contributed by atoms with Crippen LogP contribution in [0.15, 0.2) is 6.07 Å². The van der Waals surface area contributed by atoms with Crippen LogP contribution in [0.3, 0.4) is 0 Å². The Hall–Kier alpha value is -1.02. The highest BCUT2D eigenvalue weighted by Crippen LogP contribution is 2.37. The molecule has 0 amide bonds. The molecule has 0 radical (unpaired) electrons. The van der Waals surface area contributed by atoms with Gasteiger partial charge >= 0.3 is 0 Å². The van der Waals surface area contributed by atoms with Crippen LogP contribution in [0.25, 0.3) is 0 Å². The van der Waals surface area contributed by atoms with Crippen molar-refractivity contribution >= 4 is 0 Å². The minimum absolute atomic E-state index is 0.620. The fraction of sp³-hybridized carbons (Fsp3) is 0.571. The third-order valence-corrected chi connectivity index (χ3v) is 3.71. The maximum absolute atomic E-state index is 5.62. The number of hydrogen-bond donors (Lipinski definition) is 1. The average Bonchev–Trinajstić information content (AvgIpc) is 2.76.